The Morgan fingerprint density at radius 3 is 2.52 bits per heavy atom. The molecule has 1 heterocycles. The van der Waals surface area contributed by atoms with Gasteiger partial charge in [-0.15, -0.1) is 0 Å². The summed E-state index contributed by atoms with van der Waals surface area (Å²) in [4.78, 5) is 12.0. The maximum absolute atomic E-state index is 12.0. The Kier molecular flexibility index (Phi) is 5.09. The van der Waals surface area contributed by atoms with Crippen LogP contribution in [0.15, 0.2) is 16.7 Å². The van der Waals surface area contributed by atoms with Gasteiger partial charge >= 0.3 is 0 Å². The van der Waals surface area contributed by atoms with E-state index in [1.54, 1.807) is 6.07 Å². The lowest BCUT2D eigenvalue weighted by atomic mass is 9.70. The van der Waals surface area contributed by atoms with E-state index in [1.165, 1.54) is 31.9 Å². The van der Waals surface area contributed by atoms with Crippen LogP contribution in [0, 0.1) is 17.3 Å². The number of furan rings is 1. The molecule has 0 atom stereocenters. The Balaban J connectivity index is 1.76. The summed E-state index contributed by atoms with van der Waals surface area (Å²) in [6.45, 7) is 8.07. The van der Waals surface area contributed by atoms with E-state index in [-0.39, 0.29) is 5.91 Å². The fourth-order valence-electron chi connectivity index (χ4n) is 3.18. The fraction of sp³-hybridized carbons (Fsp3) is 0.706. The summed E-state index contributed by atoms with van der Waals surface area (Å²) in [7, 11) is 0. The van der Waals surface area contributed by atoms with Crippen LogP contribution < -0.4 is 11.1 Å². The van der Waals surface area contributed by atoms with Crippen molar-refractivity contribution in [3.63, 3.8) is 0 Å². The summed E-state index contributed by atoms with van der Waals surface area (Å²) in [5.74, 6) is 2.00. The minimum Gasteiger partial charge on any atom is -0.467 e. The average molecular weight is 292 g/mol. The average Bonchev–Trinajstić information content (AvgIpc) is 2.93. The van der Waals surface area contributed by atoms with Crippen molar-refractivity contribution in [3.8, 4) is 0 Å². The monoisotopic (exact) mass is 292 g/mol. The Hall–Kier alpha value is -1.29. The second kappa shape index (κ2) is 6.65. The molecule has 0 radical (unpaired) electrons. The van der Waals surface area contributed by atoms with Gasteiger partial charge in [0.15, 0.2) is 0 Å². The molecule has 4 nitrogen and oxygen atoms in total. The third-order valence-electron chi connectivity index (χ3n) is 4.74. The largest absolute Gasteiger partial charge is 0.467 e. The quantitative estimate of drug-likeness (QED) is 0.894. The summed E-state index contributed by atoms with van der Waals surface area (Å²) in [6, 6.07) is 1.71. The standard InChI is InChI=1S/C17H28N2O2/c1-17(2,3)14-6-4-12(5-7-14)10-19-16(20)13-8-15(9-18)21-11-13/h8,11-12,14H,4-7,9-10,18H2,1-3H3,(H,19,20). The lowest BCUT2D eigenvalue weighted by Gasteiger charge is -2.37. The van der Waals surface area contributed by atoms with Gasteiger partial charge < -0.3 is 15.5 Å². The molecule has 4 heteroatoms. The molecule has 0 saturated heterocycles. The summed E-state index contributed by atoms with van der Waals surface area (Å²) < 4.78 is 5.19. The number of carbonyl (C=O) groups excluding carboxylic acids is 1. The fourth-order valence-corrected chi connectivity index (χ4v) is 3.18. The van der Waals surface area contributed by atoms with E-state index < -0.39 is 0 Å². The molecule has 0 aromatic carbocycles. The number of rotatable bonds is 4. The SMILES string of the molecule is CC(C)(C)C1CCC(CNC(=O)c2coc(CN)c2)CC1. The topological polar surface area (TPSA) is 68.3 Å². The molecule has 1 aromatic rings. The van der Waals surface area contributed by atoms with Crippen molar-refractivity contribution in [1.82, 2.24) is 5.32 Å². The van der Waals surface area contributed by atoms with Crippen LogP contribution in [0.25, 0.3) is 0 Å². The molecule has 1 amide bonds. The van der Waals surface area contributed by atoms with E-state index in [4.69, 9.17) is 10.2 Å². The maximum atomic E-state index is 12.0. The number of hydrogen-bond donors (Lipinski definition) is 2. The second-order valence-corrected chi connectivity index (χ2v) is 7.30. The van der Waals surface area contributed by atoms with Gasteiger partial charge in [-0.05, 0) is 49.0 Å². The molecule has 21 heavy (non-hydrogen) atoms. The Bertz CT molecular complexity index is 465. The first-order chi connectivity index (χ1) is 9.90. The molecule has 3 N–H and O–H groups in total. The maximum Gasteiger partial charge on any atom is 0.254 e. The van der Waals surface area contributed by atoms with Crippen molar-refractivity contribution < 1.29 is 9.21 Å². The van der Waals surface area contributed by atoms with Gasteiger partial charge in [0.25, 0.3) is 5.91 Å². The number of hydrogen-bond acceptors (Lipinski definition) is 3. The van der Waals surface area contributed by atoms with Crippen molar-refractivity contribution in [2.45, 2.75) is 53.0 Å². The number of nitrogens with two attached hydrogens (primary N) is 1. The van der Waals surface area contributed by atoms with Crippen LogP contribution >= 0.6 is 0 Å². The minimum absolute atomic E-state index is 0.0589. The van der Waals surface area contributed by atoms with Crippen LogP contribution in [-0.4, -0.2) is 12.5 Å². The van der Waals surface area contributed by atoms with E-state index >= 15 is 0 Å². The first kappa shape index (κ1) is 16.1. The highest BCUT2D eigenvalue weighted by molar-refractivity contribution is 5.93. The van der Waals surface area contributed by atoms with Crippen molar-refractivity contribution in [2.75, 3.05) is 6.54 Å². The molecule has 2 rings (SSSR count). The molecule has 1 saturated carbocycles. The molecule has 118 valence electrons. The molecule has 1 aliphatic carbocycles. The van der Waals surface area contributed by atoms with Gasteiger partial charge in [-0.2, -0.15) is 0 Å². The molecule has 1 aromatic heterocycles. The van der Waals surface area contributed by atoms with Gasteiger partial charge in [-0.25, -0.2) is 0 Å². The van der Waals surface area contributed by atoms with Crippen LogP contribution in [0.3, 0.4) is 0 Å². The van der Waals surface area contributed by atoms with Crippen molar-refractivity contribution in [2.24, 2.45) is 23.0 Å². The van der Waals surface area contributed by atoms with Crippen LogP contribution in [0.1, 0.15) is 62.6 Å². The summed E-state index contributed by atoms with van der Waals surface area (Å²) in [5, 5.41) is 3.02. The first-order valence-corrected chi connectivity index (χ1v) is 7.96. The molecule has 0 unspecified atom stereocenters. The number of nitrogens with one attached hydrogen (secondary N) is 1. The molecular formula is C17H28N2O2. The summed E-state index contributed by atoms with van der Waals surface area (Å²) >= 11 is 0. The molecule has 0 aliphatic heterocycles. The Labute approximate surface area is 127 Å². The van der Waals surface area contributed by atoms with Crippen molar-refractivity contribution in [1.29, 1.82) is 0 Å². The smallest absolute Gasteiger partial charge is 0.254 e. The van der Waals surface area contributed by atoms with Gasteiger partial charge in [0, 0.05) is 6.54 Å². The van der Waals surface area contributed by atoms with Gasteiger partial charge in [0.2, 0.25) is 0 Å². The zero-order valence-electron chi connectivity index (χ0n) is 13.4. The second-order valence-electron chi connectivity index (χ2n) is 7.30. The summed E-state index contributed by atoms with van der Waals surface area (Å²) in [6.07, 6.45) is 6.44. The zero-order chi connectivity index (χ0) is 15.5. The minimum atomic E-state index is -0.0589. The third kappa shape index (κ3) is 4.34. The first-order valence-electron chi connectivity index (χ1n) is 7.96. The highest BCUT2D eigenvalue weighted by Gasteiger charge is 2.29. The van der Waals surface area contributed by atoms with E-state index in [2.05, 4.69) is 26.1 Å². The summed E-state index contributed by atoms with van der Waals surface area (Å²) in [5.41, 5.74) is 6.45. The molecule has 1 aliphatic rings. The van der Waals surface area contributed by atoms with Gasteiger partial charge in [0.05, 0.1) is 12.1 Å². The Morgan fingerprint density at radius 2 is 2.00 bits per heavy atom. The van der Waals surface area contributed by atoms with E-state index in [9.17, 15) is 4.79 Å². The van der Waals surface area contributed by atoms with Crippen molar-refractivity contribution >= 4 is 5.91 Å². The molecule has 0 spiro atoms. The molecular weight excluding hydrogens is 264 g/mol. The number of amides is 1. The highest BCUT2D eigenvalue weighted by Crippen LogP contribution is 2.39. The zero-order valence-corrected chi connectivity index (χ0v) is 13.4. The van der Waals surface area contributed by atoms with Gasteiger partial charge in [-0.1, -0.05) is 20.8 Å². The third-order valence-corrected chi connectivity index (χ3v) is 4.74. The van der Waals surface area contributed by atoms with Gasteiger partial charge in [-0.3, -0.25) is 4.79 Å². The van der Waals surface area contributed by atoms with E-state index in [0.717, 1.165) is 12.5 Å². The van der Waals surface area contributed by atoms with Crippen LogP contribution in [0.4, 0.5) is 0 Å². The lowest BCUT2D eigenvalue weighted by molar-refractivity contribution is 0.0930. The Morgan fingerprint density at radius 1 is 1.33 bits per heavy atom. The van der Waals surface area contributed by atoms with Crippen LogP contribution in [0.5, 0.6) is 0 Å². The molecule has 0 bridgehead atoms. The van der Waals surface area contributed by atoms with Crippen LogP contribution in [0.2, 0.25) is 0 Å². The van der Waals surface area contributed by atoms with Crippen LogP contribution in [-0.2, 0) is 6.54 Å². The van der Waals surface area contributed by atoms with E-state index in [0.29, 0.717) is 29.2 Å². The normalized spacial score (nSPS) is 23.0. The molecule has 1 fully saturated rings. The van der Waals surface area contributed by atoms with Crippen molar-refractivity contribution in [3.05, 3.63) is 23.7 Å². The number of carbonyl (C=O) groups is 1. The highest BCUT2D eigenvalue weighted by atomic mass is 16.3. The predicted octanol–water partition coefficient (Wildman–Crippen LogP) is 3.32. The van der Waals surface area contributed by atoms with E-state index in [1.807, 2.05) is 0 Å². The van der Waals surface area contributed by atoms with Gasteiger partial charge in [0.1, 0.15) is 12.0 Å². The predicted molar refractivity (Wildman–Crippen MR) is 83.8 cm³/mol. The lowest BCUT2D eigenvalue weighted by Crippen LogP contribution is -2.33.